The molecule has 4 nitrogen and oxygen atoms in total. The first-order valence-corrected chi connectivity index (χ1v) is 9.38. The van der Waals surface area contributed by atoms with Crippen molar-refractivity contribution in [2.75, 3.05) is 13.1 Å². The fourth-order valence-electron chi connectivity index (χ4n) is 2.94. The molecule has 0 bridgehead atoms. The molecule has 0 saturated carbocycles. The van der Waals surface area contributed by atoms with Gasteiger partial charge in [0.25, 0.3) is 0 Å². The maximum Gasteiger partial charge on any atom is 0.162 e. The first-order chi connectivity index (χ1) is 12.1. The number of nitrogens with two attached hydrogens (primary N) is 2. The molecule has 0 spiro atoms. The summed E-state index contributed by atoms with van der Waals surface area (Å²) in [6.07, 6.45) is 2.32. The first kappa shape index (κ1) is 17.7. The van der Waals surface area contributed by atoms with Crippen molar-refractivity contribution in [3.63, 3.8) is 0 Å². The molecule has 1 aromatic heterocycles. The molecule has 4 N–H and O–H groups in total. The van der Waals surface area contributed by atoms with Gasteiger partial charge in [0.2, 0.25) is 0 Å². The van der Waals surface area contributed by atoms with Crippen LogP contribution in [0.1, 0.15) is 46.4 Å². The second-order valence-corrected chi connectivity index (χ2v) is 7.24. The van der Waals surface area contributed by atoms with E-state index in [2.05, 4.69) is 0 Å². The molecule has 130 valence electrons. The third kappa shape index (κ3) is 3.79. The molecule has 0 saturated heterocycles. The molecule has 0 aliphatic carbocycles. The standard InChI is InChI=1S/C20H22N2O2S/c21-9-1-3-17(23)13-5-7-19-15(11-13)16-12-14(6-8-20(16)25-19)18(24)4-2-10-22/h5-8,11-12H,1-4,9-10,21-22H2. The van der Waals surface area contributed by atoms with Crippen molar-refractivity contribution in [2.24, 2.45) is 11.5 Å². The number of hydrogen-bond donors (Lipinski definition) is 2. The number of benzene rings is 2. The zero-order valence-corrected chi connectivity index (χ0v) is 14.9. The number of Topliss-reactive ketones (excluding diaryl/α,β-unsaturated/α-hetero) is 2. The van der Waals surface area contributed by atoms with Crippen LogP contribution in [0.5, 0.6) is 0 Å². The van der Waals surface area contributed by atoms with Crippen LogP contribution in [0.3, 0.4) is 0 Å². The van der Waals surface area contributed by atoms with E-state index in [4.69, 9.17) is 11.5 Å². The van der Waals surface area contributed by atoms with E-state index < -0.39 is 0 Å². The zero-order valence-electron chi connectivity index (χ0n) is 14.1. The van der Waals surface area contributed by atoms with Crippen molar-refractivity contribution < 1.29 is 9.59 Å². The summed E-state index contributed by atoms with van der Waals surface area (Å²) in [5.74, 6) is 0.226. The minimum Gasteiger partial charge on any atom is -0.330 e. The van der Waals surface area contributed by atoms with E-state index in [-0.39, 0.29) is 11.6 Å². The van der Waals surface area contributed by atoms with Crippen molar-refractivity contribution in [3.8, 4) is 0 Å². The van der Waals surface area contributed by atoms with Crippen molar-refractivity contribution in [2.45, 2.75) is 25.7 Å². The van der Waals surface area contributed by atoms with E-state index in [9.17, 15) is 9.59 Å². The molecule has 0 amide bonds. The molecule has 0 radical (unpaired) electrons. The van der Waals surface area contributed by atoms with Gasteiger partial charge in [-0.25, -0.2) is 0 Å². The maximum absolute atomic E-state index is 12.3. The lowest BCUT2D eigenvalue weighted by Gasteiger charge is -2.02. The molecular formula is C20H22N2O2S. The maximum atomic E-state index is 12.3. The molecule has 1 heterocycles. The van der Waals surface area contributed by atoms with Gasteiger partial charge in [-0.3, -0.25) is 9.59 Å². The Morgan fingerprint density at radius 3 is 1.60 bits per heavy atom. The Morgan fingerprint density at radius 2 is 1.20 bits per heavy atom. The summed E-state index contributed by atoms with van der Waals surface area (Å²) in [4.78, 5) is 24.6. The topological polar surface area (TPSA) is 86.2 Å². The minimum absolute atomic E-state index is 0.113. The second kappa shape index (κ2) is 7.87. The summed E-state index contributed by atoms with van der Waals surface area (Å²) in [7, 11) is 0. The normalized spacial score (nSPS) is 11.3. The van der Waals surface area contributed by atoms with Crippen LogP contribution in [0.15, 0.2) is 36.4 Å². The lowest BCUT2D eigenvalue weighted by atomic mass is 10.0. The smallest absolute Gasteiger partial charge is 0.162 e. The van der Waals surface area contributed by atoms with Crippen molar-refractivity contribution in [1.82, 2.24) is 0 Å². The highest BCUT2D eigenvalue weighted by atomic mass is 32.1. The SMILES string of the molecule is NCCCC(=O)c1ccc2sc3ccc(C(=O)CCCN)cc3c2c1. The number of hydrogen-bond acceptors (Lipinski definition) is 5. The average Bonchev–Trinajstić information content (AvgIpc) is 3.01. The largest absolute Gasteiger partial charge is 0.330 e. The highest BCUT2D eigenvalue weighted by Crippen LogP contribution is 2.35. The number of carbonyl (C=O) groups is 2. The van der Waals surface area contributed by atoms with Crippen LogP contribution in [0, 0.1) is 0 Å². The summed E-state index contributed by atoms with van der Waals surface area (Å²) in [6.45, 7) is 1.03. The Bertz CT molecular complexity index is 856. The average molecular weight is 354 g/mol. The van der Waals surface area contributed by atoms with Crippen LogP contribution >= 0.6 is 11.3 Å². The van der Waals surface area contributed by atoms with Gasteiger partial charge in [0.15, 0.2) is 11.6 Å². The van der Waals surface area contributed by atoms with E-state index in [1.807, 2.05) is 36.4 Å². The van der Waals surface area contributed by atoms with Gasteiger partial charge < -0.3 is 11.5 Å². The Kier molecular flexibility index (Phi) is 5.58. The van der Waals surface area contributed by atoms with Gasteiger partial charge in [-0.2, -0.15) is 0 Å². The molecule has 0 aliphatic rings. The summed E-state index contributed by atoms with van der Waals surface area (Å²) in [5.41, 5.74) is 12.4. The van der Waals surface area contributed by atoms with Crippen LogP contribution in [0.4, 0.5) is 0 Å². The fourth-order valence-corrected chi connectivity index (χ4v) is 4.00. The van der Waals surface area contributed by atoms with Crippen molar-refractivity contribution in [3.05, 3.63) is 47.5 Å². The number of fused-ring (bicyclic) bond motifs is 3. The Labute approximate surface area is 150 Å². The third-order valence-corrected chi connectivity index (χ3v) is 5.48. The lowest BCUT2D eigenvalue weighted by molar-refractivity contribution is 0.0973. The van der Waals surface area contributed by atoms with Crippen LogP contribution in [0.2, 0.25) is 0 Å². The van der Waals surface area contributed by atoms with Crippen LogP contribution in [0.25, 0.3) is 20.2 Å². The third-order valence-electron chi connectivity index (χ3n) is 4.33. The van der Waals surface area contributed by atoms with Gasteiger partial charge in [0, 0.05) is 44.1 Å². The number of ketones is 2. The molecule has 5 heteroatoms. The highest BCUT2D eigenvalue weighted by Gasteiger charge is 2.12. The van der Waals surface area contributed by atoms with Crippen molar-refractivity contribution >= 4 is 43.1 Å². The summed E-state index contributed by atoms with van der Waals surface area (Å²) < 4.78 is 2.24. The van der Waals surface area contributed by atoms with Crippen LogP contribution in [-0.2, 0) is 0 Å². The van der Waals surface area contributed by atoms with Gasteiger partial charge >= 0.3 is 0 Å². The summed E-state index contributed by atoms with van der Waals surface area (Å²) in [6, 6.07) is 11.6. The van der Waals surface area contributed by atoms with Gasteiger partial charge in [-0.05, 0) is 62.3 Å². The Balaban J connectivity index is 2.01. The first-order valence-electron chi connectivity index (χ1n) is 8.57. The quantitative estimate of drug-likeness (QED) is 0.601. The van der Waals surface area contributed by atoms with E-state index in [0.717, 1.165) is 20.2 Å². The fraction of sp³-hybridized carbons (Fsp3) is 0.300. The van der Waals surface area contributed by atoms with Gasteiger partial charge in [-0.1, -0.05) is 0 Å². The van der Waals surface area contributed by atoms with E-state index in [0.29, 0.717) is 49.9 Å². The second-order valence-electron chi connectivity index (χ2n) is 6.15. The van der Waals surface area contributed by atoms with Crippen molar-refractivity contribution in [1.29, 1.82) is 0 Å². The molecular weight excluding hydrogens is 332 g/mol. The van der Waals surface area contributed by atoms with E-state index in [1.165, 1.54) is 0 Å². The predicted molar refractivity (Wildman–Crippen MR) is 105 cm³/mol. The van der Waals surface area contributed by atoms with Crippen LogP contribution in [-0.4, -0.2) is 24.7 Å². The number of rotatable bonds is 8. The molecule has 0 atom stereocenters. The molecule has 0 unspecified atom stereocenters. The molecule has 3 aromatic rings. The summed E-state index contributed by atoms with van der Waals surface area (Å²) in [5, 5.41) is 2.07. The lowest BCUT2D eigenvalue weighted by Crippen LogP contribution is -2.05. The molecule has 0 fully saturated rings. The monoisotopic (exact) mass is 354 g/mol. The highest BCUT2D eigenvalue weighted by molar-refractivity contribution is 7.25. The van der Waals surface area contributed by atoms with Gasteiger partial charge in [-0.15, -0.1) is 11.3 Å². The Morgan fingerprint density at radius 1 is 0.760 bits per heavy atom. The van der Waals surface area contributed by atoms with Gasteiger partial charge in [0.05, 0.1) is 0 Å². The van der Waals surface area contributed by atoms with Gasteiger partial charge in [0.1, 0.15) is 0 Å². The number of carbonyl (C=O) groups excluding carboxylic acids is 2. The predicted octanol–water partition coefficient (Wildman–Crippen LogP) is 3.90. The molecule has 0 aliphatic heterocycles. The zero-order chi connectivity index (χ0) is 17.8. The molecule has 3 rings (SSSR count). The Hall–Kier alpha value is -2.08. The minimum atomic E-state index is 0.113. The summed E-state index contributed by atoms with van der Waals surface area (Å²) >= 11 is 1.68. The van der Waals surface area contributed by atoms with E-state index >= 15 is 0 Å². The molecule has 2 aromatic carbocycles. The van der Waals surface area contributed by atoms with Crippen LogP contribution < -0.4 is 11.5 Å². The van der Waals surface area contributed by atoms with E-state index in [1.54, 1.807) is 11.3 Å². The number of thiophene rings is 1. The molecule has 25 heavy (non-hydrogen) atoms.